The fourth-order valence-corrected chi connectivity index (χ4v) is 0.924. The molecular formula is C8H10N2O3S. The minimum absolute atomic E-state index is 0.202. The number of alkyl carbamates (subject to hydrolysis) is 1. The number of thiocarbonyl (C=S) groups is 1. The summed E-state index contributed by atoms with van der Waals surface area (Å²) in [6.07, 6.45) is 0.968. The molecule has 76 valence electrons. The number of carbonyl (C=O) groups is 1. The van der Waals surface area contributed by atoms with Gasteiger partial charge in [0.05, 0.1) is 19.9 Å². The fraction of sp³-hybridized carbons (Fsp3) is 0.250. The van der Waals surface area contributed by atoms with Gasteiger partial charge in [-0.2, -0.15) is 0 Å². The van der Waals surface area contributed by atoms with Crippen LogP contribution in [-0.2, 0) is 11.3 Å². The Morgan fingerprint density at radius 1 is 1.71 bits per heavy atom. The third-order valence-electron chi connectivity index (χ3n) is 1.40. The van der Waals surface area contributed by atoms with E-state index in [1.165, 1.54) is 7.11 Å². The average Bonchev–Trinajstić information content (AvgIpc) is 2.67. The number of carbonyl (C=O) groups excluding carboxylic acids is 1. The van der Waals surface area contributed by atoms with Gasteiger partial charge < -0.3 is 14.5 Å². The second kappa shape index (κ2) is 5.23. The summed E-state index contributed by atoms with van der Waals surface area (Å²) in [4.78, 5) is 10.7. The van der Waals surface area contributed by atoms with Crippen LogP contribution in [0.25, 0.3) is 0 Å². The summed E-state index contributed by atoms with van der Waals surface area (Å²) in [5.74, 6) is 0.735. The van der Waals surface area contributed by atoms with Crippen LogP contribution < -0.4 is 10.6 Å². The Hall–Kier alpha value is -1.56. The Balaban J connectivity index is 2.25. The molecule has 0 saturated carbocycles. The molecule has 0 saturated heterocycles. The number of ether oxygens (including phenoxy) is 1. The highest BCUT2D eigenvalue weighted by Crippen LogP contribution is 1.97. The Morgan fingerprint density at radius 2 is 2.50 bits per heavy atom. The van der Waals surface area contributed by atoms with Crippen molar-refractivity contribution in [2.24, 2.45) is 0 Å². The van der Waals surface area contributed by atoms with E-state index in [9.17, 15) is 4.79 Å². The van der Waals surface area contributed by atoms with Crippen molar-refractivity contribution in [1.82, 2.24) is 10.6 Å². The summed E-state index contributed by atoms with van der Waals surface area (Å²) in [6.45, 7) is 0.426. The number of rotatable bonds is 2. The minimum atomic E-state index is -0.595. The Labute approximate surface area is 86.4 Å². The summed E-state index contributed by atoms with van der Waals surface area (Å²) in [5.41, 5.74) is 0. The zero-order chi connectivity index (χ0) is 10.4. The monoisotopic (exact) mass is 214 g/mol. The Bertz CT molecular complexity index is 310. The predicted octanol–water partition coefficient (Wildman–Crippen LogP) is 1.01. The second-order valence-electron chi connectivity index (χ2n) is 2.38. The first-order chi connectivity index (χ1) is 6.72. The first-order valence-corrected chi connectivity index (χ1v) is 4.28. The molecule has 0 aromatic carbocycles. The van der Waals surface area contributed by atoms with Gasteiger partial charge in [-0.15, -0.1) is 0 Å². The molecule has 0 unspecified atom stereocenters. The molecule has 0 fully saturated rings. The van der Waals surface area contributed by atoms with Crippen LogP contribution in [0.2, 0.25) is 0 Å². The van der Waals surface area contributed by atoms with Crippen LogP contribution in [0.1, 0.15) is 5.76 Å². The van der Waals surface area contributed by atoms with Crippen molar-refractivity contribution in [1.29, 1.82) is 0 Å². The fourth-order valence-electron chi connectivity index (χ4n) is 0.768. The van der Waals surface area contributed by atoms with Crippen molar-refractivity contribution in [2.45, 2.75) is 6.54 Å². The molecule has 0 bridgehead atoms. The van der Waals surface area contributed by atoms with Crippen molar-refractivity contribution in [2.75, 3.05) is 7.11 Å². The minimum Gasteiger partial charge on any atom is -0.467 e. The summed E-state index contributed by atoms with van der Waals surface area (Å²) >= 11 is 4.80. The highest BCUT2D eigenvalue weighted by atomic mass is 32.1. The van der Waals surface area contributed by atoms with Gasteiger partial charge in [0, 0.05) is 0 Å². The molecule has 14 heavy (non-hydrogen) atoms. The van der Waals surface area contributed by atoms with E-state index in [2.05, 4.69) is 15.4 Å². The Morgan fingerprint density at radius 3 is 3.07 bits per heavy atom. The van der Waals surface area contributed by atoms with Crippen molar-refractivity contribution in [3.05, 3.63) is 24.2 Å². The van der Waals surface area contributed by atoms with Crippen molar-refractivity contribution in [3.63, 3.8) is 0 Å². The maximum Gasteiger partial charge on any atom is 0.413 e. The summed E-state index contributed by atoms with van der Waals surface area (Å²) in [6, 6.07) is 3.57. The Kier molecular flexibility index (Phi) is 3.93. The van der Waals surface area contributed by atoms with Gasteiger partial charge in [0.25, 0.3) is 0 Å². The van der Waals surface area contributed by atoms with Crippen molar-refractivity contribution >= 4 is 23.4 Å². The van der Waals surface area contributed by atoms with E-state index in [0.717, 1.165) is 5.76 Å². The molecule has 2 N–H and O–H groups in total. The van der Waals surface area contributed by atoms with Crippen LogP contribution >= 0.6 is 12.2 Å². The lowest BCUT2D eigenvalue weighted by Crippen LogP contribution is -2.38. The molecule has 1 heterocycles. The molecule has 5 nitrogen and oxygen atoms in total. The molecule has 0 aliphatic heterocycles. The molecule has 1 rings (SSSR count). The van der Waals surface area contributed by atoms with E-state index in [-0.39, 0.29) is 5.11 Å². The highest BCUT2D eigenvalue weighted by Gasteiger charge is 2.02. The first kappa shape index (κ1) is 10.5. The number of methoxy groups -OCH3 is 1. The topological polar surface area (TPSA) is 63.5 Å². The van der Waals surface area contributed by atoms with E-state index in [4.69, 9.17) is 16.6 Å². The molecule has 0 spiro atoms. The number of hydrogen-bond acceptors (Lipinski definition) is 4. The van der Waals surface area contributed by atoms with Gasteiger partial charge in [-0.3, -0.25) is 5.32 Å². The van der Waals surface area contributed by atoms with Gasteiger partial charge in [-0.1, -0.05) is 0 Å². The largest absolute Gasteiger partial charge is 0.467 e. The lowest BCUT2D eigenvalue weighted by Gasteiger charge is -2.06. The molecule has 0 aliphatic rings. The molecule has 6 heteroatoms. The van der Waals surface area contributed by atoms with Crippen LogP contribution in [0.3, 0.4) is 0 Å². The highest BCUT2D eigenvalue weighted by molar-refractivity contribution is 7.80. The van der Waals surface area contributed by atoms with Gasteiger partial charge in [-0.05, 0) is 24.4 Å². The number of amides is 1. The van der Waals surface area contributed by atoms with E-state index in [1.54, 1.807) is 18.4 Å². The summed E-state index contributed by atoms with van der Waals surface area (Å²) in [7, 11) is 1.27. The van der Waals surface area contributed by atoms with E-state index in [0.29, 0.717) is 6.54 Å². The number of furan rings is 1. The standard InChI is InChI=1S/C8H10N2O3S/c1-12-8(11)10-7(14)9-5-6-3-2-4-13-6/h2-4H,5H2,1H3,(H2,9,10,11,14). The maximum atomic E-state index is 10.7. The second-order valence-corrected chi connectivity index (χ2v) is 2.79. The van der Waals surface area contributed by atoms with E-state index >= 15 is 0 Å². The van der Waals surface area contributed by atoms with Gasteiger partial charge in [0.15, 0.2) is 5.11 Å². The molecule has 1 aromatic heterocycles. The van der Waals surface area contributed by atoms with Gasteiger partial charge in [-0.25, -0.2) is 4.79 Å². The molecule has 0 atom stereocenters. The quantitative estimate of drug-likeness (QED) is 0.719. The van der Waals surface area contributed by atoms with Gasteiger partial charge >= 0.3 is 6.09 Å². The molecule has 0 radical (unpaired) electrons. The lowest BCUT2D eigenvalue weighted by atomic mass is 10.4. The van der Waals surface area contributed by atoms with Crippen LogP contribution in [0.5, 0.6) is 0 Å². The third-order valence-corrected chi connectivity index (χ3v) is 1.65. The summed E-state index contributed by atoms with van der Waals surface area (Å²) < 4.78 is 9.41. The van der Waals surface area contributed by atoms with Crippen LogP contribution in [-0.4, -0.2) is 18.3 Å². The normalized spacial score (nSPS) is 9.21. The van der Waals surface area contributed by atoms with Crippen molar-refractivity contribution in [3.8, 4) is 0 Å². The smallest absolute Gasteiger partial charge is 0.413 e. The number of nitrogens with one attached hydrogen (secondary N) is 2. The van der Waals surface area contributed by atoms with Crippen molar-refractivity contribution < 1.29 is 13.9 Å². The first-order valence-electron chi connectivity index (χ1n) is 3.87. The van der Waals surface area contributed by atoms with Crippen LogP contribution in [0.15, 0.2) is 22.8 Å². The van der Waals surface area contributed by atoms with Crippen LogP contribution in [0, 0.1) is 0 Å². The van der Waals surface area contributed by atoms with E-state index in [1.807, 2.05) is 0 Å². The SMILES string of the molecule is COC(=O)NC(=S)NCc1ccco1. The predicted molar refractivity (Wildman–Crippen MR) is 53.7 cm³/mol. The molecule has 1 aromatic rings. The lowest BCUT2D eigenvalue weighted by molar-refractivity contribution is 0.176. The van der Waals surface area contributed by atoms with Gasteiger partial charge in [0.1, 0.15) is 5.76 Å². The molecular weight excluding hydrogens is 204 g/mol. The third kappa shape index (κ3) is 3.44. The zero-order valence-corrected chi connectivity index (χ0v) is 8.39. The molecule has 0 aliphatic carbocycles. The number of hydrogen-bond donors (Lipinski definition) is 2. The molecule has 1 amide bonds. The van der Waals surface area contributed by atoms with Gasteiger partial charge in [0.2, 0.25) is 0 Å². The average molecular weight is 214 g/mol. The van der Waals surface area contributed by atoms with Crippen LogP contribution in [0.4, 0.5) is 4.79 Å². The van der Waals surface area contributed by atoms with E-state index < -0.39 is 6.09 Å². The summed E-state index contributed by atoms with van der Waals surface area (Å²) in [5, 5.41) is 5.29. The zero-order valence-electron chi connectivity index (χ0n) is 7.57. The maximum absolute atomic E-state index is 10.7.